The molecule has 1 rings (SSSR count). The summed E-state index contributed by atoms with van der Waals surface area (Å²) in [5.74, 6) is 0.726. The second-order valence-corrected chi connectivity index (χ2v) is 3.33. The predicted molar refractivity (Wildman–Crippen MR) is 61.4 cm³/mol. The minimum absolute atomic E-state index is 0.698. The van der Waals surface area contributed by atoms with Crippen molar-refractivity contribution in [3.63, 3.8) is 0 Å². The van der Waals surface area contributed by atoms with Crippen LogP contribution in [0, 0.1) is 0 Å². The molecule has 0 bridgehead atoms. The molecule has 0 saturated heterocycles. The number of benzene rings is 1. The number of hydrogen-bond acceptors (Lipinski definition) is 1. The molecule has 0 aliphatic carbocycles. The number of nitrogens with zero attached hydrogens (tertiary/aromatic N) is 1. The molecule has 14 heavy (non-hydrogen) atoms. The Balaban J connectivity index is 2.60. The molecule has 0 radical (unpaired) electrons. The summed E-state index contributed by atoms with van der Waals surface area (Å²) in [6, 6.07) is 8.52. The fourth-order valence-electron chi connectivity index (χ4n) is 1.19. The Bertz CT molecular complexity index is 299. The van der Waals surface area contributed by atoms with E-state index in [1.54, 1.807) is 0 Å². The molecule has 2 N–H and O–H groups in total. The van der Waals surface area contributed by atoms with Crippen LogP contribution >= 0.6 is 0 Å². The number of aryl methyl sites for hydroxylation is 1. The molecule has 0 fully saturated rings. The molecule has 0 spiro atoms. The fraction of sp³-hybridized carbons (Fsp3) is 0.417. The summed E-state index contributed by atoms with van der Waals surface area (Å²) in [7, 11) is 0. The molecule has 0 amide bonds. The van der Waals surface area contributed by atoms with Crippen molar-refractivity contribution in [1.29, 1.82) is 0 Å². The van der Waals surface area contributed by atoms with Crippen LogP contribution in [0.1, 0.15) is 31.4 Å². The molecule has 0 aliphatic rings. The van der Waals surface area contributed by atoms with E-state index in [4.69, 9.17) is 5.73 Å². The largest absolute Gasteiger partial charge is 0.387 e. The summed E-state index contributed by atoms with van der Waals surface area (Å²) in [5.41, 5.74) is 8.21. The highest BCUT2D eigenvalue weighted by Gasteiger charge is 1.92. The van der Waals surface area contributed by atoms with Crippen LogP contribution in [0.3, 0.4) is 0 Å². The number of hydrogen-bond donors (Lipinski definition) is 1. The van der Waals surface area contributed by atoms with Crippen molar-refractivity contribution in [2.75, 3.05) is 0 Å². The van der Waals surface area contributed by atoms with E-state index in [9.17, 15) is 0 Å². The van der Waals surface area contributed by atoms with E-state index >= 15 is 0 Å². The SMILES string of the molecule is CCC(N)=NCc1ccc(CC)cc1. The Labute approximate surface area is 85.9 Å². The standard InChI is InChI=1S/C12H18N2/c1-3-10-5-7-11(8-6-10)9-14-12(13)4-2/h5-8H,3-4,9H2,1-2H3,(H2,13,14). The molecule has 76 valence electrons. The van der Waals surface area contributed by atoms with E-state index in [0.29, 0.717) is 6.54 Å². The Morgan fingerprint density at radius 1 is 1.14 bits per heavy atom. The Morgan fingerprint density at radius 2 is 1.71 bits per heavy atom. The topological polar surface area (TPSA) is 38.4 Å². The van der Waals surface area contributed by atoms with Crippen molar-refractivity contribution in [2.45, 2.75) is 33.2 Å². The van der Waals surface area contributed by atoms with Crippen LogP contribution < -0.4 is 5.73 Å². The van der Waals surface area contributed by atoms with Gasteiger partial charge in [-0.15, -0.1) is 0 Å². The molecule has 0 aliphatic heterocycles. The van der Waals surface area contributed by atoms with Gasteiger partial charge in [0, 0.05) is 6.42 Å². The lowest BCUT2D eigenvalue weighted by Gasteiger charge is -2.00. The van der Waals surface area contributed by atoms with Gasteiger partial charge in [0.25, 0.3) is 0 Å². The van der Waals surface area contributed by atoms with E-state index in [0.717, 1.165) is 18.7 Å². The van der Waals surface area contributed by atoms with Crippen LogP contribution in [-0.4, -0.2) is 5.84 Å². The van der Waals surface area contributed by atoms with Gasteiger partial charge >= 0.3 is 0 Å². The van der Waals surface area contributed by atoms with E-state index < -0.39 is 0 Å². The van der Waals surface area contributed by atoms with E-state index in [1.807, 2.05) is 6.92 Å². The first-order valence-electron chi connectivity index (χ1n) is 5.12. The monoisotopic (exact) mass is 190 g/mol. The minimum Gasteiger partial charge on any atom is -0.387 e. The molecular formula is C12H18N2. The van der Waals surface area contributed by atoms with Crippen LogP contribution in [0.5, 0.6) is 0 Å². The number of rotatable bonds is 4. The summed E-state index contributed by atoms with van der Waals surface area (Å²) in [4.78, 5) is 4.26. The molecule has 0 heterocycles. The van der Waals surface area contributed by atoms with Crippen LogP contribution in [0.25, 0.3) is 0 Å². The lowest BCUT2D eigenvalue weighted by Crippen LogP contribution is -2.09. The maximum absolute atomic E-state index is 5.63. The van der Waals surface area contributed by atoms with Crippen molar-refractivity contribution in [3.05, 3.63) is 35.4 Å². The second kappa shape index (κ2) is 5.43. The maximum Gasteiger partial charge on any atom is 0.0938 e. The molecule has 2 heteroatoms. The summed E-state index contributed by atoms with van der Waals surface area (Å²) >= 11 is 0. The molecule has 0 saturated carbocycles. The molecule has 0 atom stereocenters. The maximum atomic E-state index is 5.63. The van der Waals surface area contributed by atoms with Gasteiger partial charge in [0.05, 0.1) is 12.4 Å². The first kappa shape index (κ1) is 10.8. The third-order valence-electron chi connectivity index (χ3n) is 2.26. The predicted octanol–water partition coefficient (Wildman–Crippen LogP) is 2.52. The smallest absolute Gasteiger partial charge is 0.0938 e. The summed E-state index contributed by atoms with van der Waals surface area (Å²) < 4.78 is 0. The van der Waals surface area contributed by atoms with Gasteiger partial charge in [-0.05, 0) is 17.5 Å². The van der Waals surface area contributed by atoms with Crippen LogP contribution in [0.4, 0.5) is 0 Å². The highest BCUT2D eigenvalue weighted by molar-refractivity contribution is 5.79. The van der Waals surface area contributed by atoms with Crippen molar-refractivity contribution in [2.24, 2.45) is 10.7 Å². The van der Waals surface area contributed by atoms with Gasteiger partial charge < -0.3 is 5.73 Å². The van der Waals surface area contributed by atoms with Gasteiger partial charge in [-0.25, -0.2) is 0 Å². The van der Waals surface area contributed by atoms with Gasteiger partial charge in [0.2, 0.25) is 0 Å². The molecule has 1 aromatic rings. The van der Waals surface area contributed by atoms with Gasteiger partial charge in [0.1, 0.15) is 0 Å². The van der Waals surface area contributed by atoms with Crippen molar-refractivity contribution < 1.29 is 0 Å². The van der Waals surface area contributed by atoms with Gasteiger partial charge in [-0.3, -0.25) is 4.99 Å². The van der Waals surface area contributed by atoms with E-state index in [1.165, 1.54) is 11.1 Å². The molecule has 0 aromatic heterocycles. The van der Waals surface area contributed by atoms with Crippen LogP contribution in [0.2, 0.25) is 0 Å². The Kier molecular flexibility index (Phi) is 4.17. The highest BCUT2D eigenvalue weighted by atomic mass is 14.8. The highest BCUT2D eigenvalue weighted by Crippen LogP contribution is 2.06. The Morgan fingerprint density at radius 3 is 2.21 bits per heavy atom. The molecular weight excluding hydrogens is 172 g/mol. The minimum atomic E-state index is 0.698. The summed E-state index contributed by atoms with van der Waals surface area (Å²) in [6.07, 6.45) is 1.91. The lowest BCUT2D eigenvalue weighted by molar-refractivity contribution is 1.03. The average molecular weight is 190 g/mol. The van der Waals surface area contributed by atoms with Crippen molar-refractivity contribution >= 4 is 5.84 Å². The summed E-state index contributed by atoms with van der Waals surface area (Å²) in [5, 5.41) is 0. The first-order chi connectivity index (χ1) is 6.76. The normalized spacial score (nSPS) is 11.7. The Hall–Kier alpha value is -1.31. The van der Waals surface area contributed by atoms with Crippen molar-refractivity contribution in [3.8, 4) is 0 Å². The fourth-order valence-corrected chi connectivity index (χ4v) is 1.19. The van der Waals surface area contributed by atoms with Gasteiger partial charge in [-0.2, -0.15) is 0 Å². The molecule has 0 unspecified atom stereocenters. The quantitative estimate of drug-likeness (QED) is 0.575. The number of aliphatic imine (C=N–C) groups is 1. The van der Waals surface area contributed by atoms with E-state index in [2.05, 4.69) is 36.2 Å². The van der Waals surface area contributed by atoms with E-state index in [-0.39, 0.29) is 0 Å². The van der Waals surface area contributed by atoms with Crippen LogP contribution in [-0.2, 0) is 13.0 Å². The second-order valence-electron chi connectivity index (χ2n) is 3.33. The van der Waals surface area contributed by atoms with Gasteiger partial charge in [-0.1, -0.05) is 38.1 Å². The molecule has 2 nitrogen and oxygen atoms in total. The average Bonchev–Trinajstić information content (AvgIpc) is 2.26. The zero-order valence-corrected chi connectivity index (χ0v) is 8.96. The first-order valence-corrected chi connectivity index (χ1v) is 5.12. The van der Waals surface area contributed by atoms with Crippen LogP contribution in [0.15, 0.2) is 29.3 Å². The zero-order valence-electron chi connectivity index (χ0n) is 8.96. The van der Waals surface area contributed by atoms with Crippen molar-refractivity contribution in [1.82, 2.24) is 0 Å². The zero-order chi connectivity index (χ0) is 10.4. The third kappa shape index (κ3) is 3.21. The number of amidine groups is 1. The molecule has 1 aromatic carbocycles. The lowest BCUT2D eigenvalue weighted by atomic mass is 10.1. The summed E-state index contributed by atoms with van der Waals surface area (Å²) in [6.45, 7) is 4.87. The van der Waals surface area contributed by atoms with Gasteiger partial charge in [0.15, 0.2) is 0 Å². The third-order valence-corrected chi connectivity index (χ3v) is 2.26. The number of nitrogens with two attached hydrogens (primary N) is 1.